The van der Waals surface area contributed by atoms with Crippen LogP contribution in [-0.4, -0.2) is 4.98 Å². The topological polar surface area (TPSA) is 50.9 Å². The lowest BCUT2D eigenvalue weighted by molar-refractivity contribution is 0.558. The predicted octanol–water partition coefficient (Wildman–Crippen LogP) is 3.66. The Morgan fingerprint density at radius 3 is 2.62 bits per heavy atom. The largest absolute Gasteiger partial charge is 0.271 e. The van der Waals surface area contributed by atoms with Gasteiger partial charge >= 0.3 is 0 Å². The highest BCUT2D eigenvalue weighted by Crippen LogP contribution is 2.29. The molecule has 108 valence electrons. The van der Waals surface area contributed by atoms with Gasteiger partial charge in [0.2, 0.25) is 0 Å². The number of benzene rings is 2. The number of hydrogen-bond donors (Lipinski definition) is 2. The molecule has 0 spiro atoms. The smallest absolute Gasteiger partial charge is 0.0900 e. The Bertz CT molecular complexity index is 758. The van der Waals surface area contributed by atoms with E-state index < -0.39 is 0 Å². The zero-order valence-corrected chi connectivity index (χ0v) is 13.1. The van der Waals surface area contributed by atoms with Crippen LogP contribution >= 0.6 is 11.3 Å². The number of nitrogens with zero attached hydrogens (tertiary/aromatic N) is 1. The van der Waals surface area contributed by atoms with Crippen molar-refractivity contribution in [3.8, 4) is 0 Å². The van der Waals surface area contributed by atoms with Crippen molar-refractivity contribution >= 4 is 22.1 Å². The molecule has 0 aliphatic heterocycles. The summed E-state index contributed by atoms with van der Waals surface area (Å²) in [6.07, 6.45) is 0.861. The van der Waals surface area contributed by atoms with E-state index in [4.69, 9.17) is 5.84 Å². The number of nitrogens with one attached hydrogen (secondary N) is 1. The van der Waals surface area contributed by atoms with Gasteiger partial charge in [0.1, 0.15) is 0 Å². The van der Waals surface area contributed by atoms with E-state index >= 15 is 0 Å². The van der Waals surface area contributed by atoms with Crippen LogP contribution < -0.4 is 11.3 Å². The molecule has 0 aliphatic rings. The van der Waals surface area contributed by atoms with E-state index in [0.29, 0.717) is 0 Å². The Morgan fingerprint density at radius 2 is 1.90 bits per heavy atom. The number of rotatable bonds is 4. The highest BCUT2D eigenvalue weighted by Gasteiger charge is 2.17. The summed E-state index contributed by atoms with van der Waals surface area (Å²) in [5.41, 5.74) is 5.33. The number of thiazole rings is 1. The molecule has 3 nitrogen and oxygen atoms in total. The molecular weight excluding hydrogens is 278 g/mol. The molecule has 3 N–H and O–H groups in total. The van der Waals surface area contributed by atoms with Gasteiger partial charge in [-0.2, -0.15) is 0 Å². The van der Waals surface area contributed by atoms with Crippen LogP contribution in [0.25, 0.3) is 10.8 Å². The predicted molar refractivity (Wildman–Crippen MR) is 89.3 cm³/mol. The van der Waals surface area contributed by atoms with Crippen LogP contribution in [0.15, 0.2) is 42.5 Å². The van der Waals surface area contributed by atoms with Gasteiger partial charge in [0.15, 0.2) is 0 Å². The fraction of sp³-hybridized carbons (Fsp3) is 0.235. The molecule has 0 bridgehead atoms. The minimum absolute atomic E-state index is 0.0991. The average Bonchev–Trinajstić information content (AvgIpc) is 2.83. The molecule has 0 saturated carbocycles. The van der Waals surface area contributed by atoms with Gasteiger partial charge in [-0.3, -0.25) is 11.3 Å². The first kappa shape index (κ1) is 14.2. The Hall–Kier alpha value is -1.75. The third kappa shape index (κ3) is 2.83. The molecule has 3 rings (SSSR count). The van der Waals surface area contributed by atoms with E-state index in [1.807, 2.05) is 13.8 Å². The van der Waals surface area contributed by atoms with Crippen LogP contribution in [-0.2, 0) is 6.42 Å². The number of fused-ring (bicyclic) bond motifs is 1. The van der Waals surface area contributed by atoms with Crippen molar-refractivity contribution < 1.29 is 0 Å². The summed E-state index contributed by atoms with van der Waals surface area (Å²) in [6, 6.07) is 15.0. The Morgan fingerprint density at radius 1 is 1.14 bits per heavy atom. The van der Waals surface area contributed by atoms with Gasteiger partial charge in [-0.1, -0.05) is 42.5 Å². The van der Waals surface area contributed by atoms with Gasteiger partial charge in [-0.25, -0.2) is 4.98 Å². The quantitative estimate of drug-likeness (QED) is 0.571. The molecule has 0 fully saturated rings. The summed E-state index contributed by atoms with van der Waals surface area (Å²) in [5, 5.41) is 3.64. The molecule has 21 heavy (non-hydrogen) atoms. The first-order valence-corrected chi connectivity index (χ1v) is 7.87. The molecule has 1 unspecified atom stereocenters. The second-order valence-corrected chi connectivity index (χ2v) is 6.48. The Labute approximate surface area is 128 Å². The zero-order chi connectivity index (χ0) is 14.8. The average molecular weight is 297 g/mol. The van der Waals surface area contributed by atoms with Crippen molar-refractivity contribution in [2.24, 2.45) is 5.84 Å². The molecule has 1 heterocycles. The number of hydrazine groups is 1. The summed E-state index contributed by atoms with van der Waals surface area (Å²) in [4.78, 5) is 5.73. The maximum atomic E-state index is 5.80. The SMILES string of the molecule is Cc1nc(C)c(C(Cc2cccc3ccccc23)NN)s1. The van der Waals surface area contributed by atoms with Gasteiger partial charge in [-0.05, 0) is 36.6 Å². The summed E-state index contributed by atoms with van der Waals surface area (Å²) in [6.45, 7) is 4.08. The van der Waals surface area contributed by atoms with Crippen LogP contribution in [0.3, 0.4) is 0 Å². The normalized spacial score (nSPS) is 12.7. The molecule has 0 saturated heterocycles. The summed E-state index contributed by atoms with van der Waals surface area (Å²) >= 11 is 1.72. The lowest BCUT2D eigenvalue weighted by Gasteiger charge is -2.16. The van der Waals surface area contributed by atoms with Crippen molar-refractivity contribution in [1.82, 2.24) is 10.4 Å². The van der Waals surface area contributed by atoms with Gasteiger partial charge in [0.25, 0.3) is 0 Å². The molecular formula is C17H19N3S. The molecule has 4 heteroatoms. The molecule has 1 aromatic heterocycles. The van der Waals surface area contributed by atoms with Crippen LogP contribution in [0.5, 0.6) is 0 Å². The van der Waals surface area contributed by atoms with Crippen molar-refractivity contribution in [3.05, 3.63) is 63.6 Å². The number of nitrogens with two attached hydrogens (primary N) is 1. The molecule has 0 aliphatic carbocycles. The van der Waals surface area contributed by atoms with E-state index in [0.717, 1.165) is 17.1 Å². The third-order valence-corrected chi connectivity index (χ3v) is 4.95. The first-order valence-electron chi connectivity index (χ1n) is 7.05. The van der Waals surface area contributed by atoms with E-state index in [9.17, 15) is 0 Å². The van der Waals surface area contributed by atoms with Crippen molar-refractivity contribution in [1.29, 1.82) is 0 Å². The minimum atomic E-state index is 0.0991. The van der Waals surface area contributed by atoms with Crippen LogP contribution in [0, 0.1) is 13.8 Å². The van der Waals surface area contributed by atoms with E-state index in [1.165, 1.54) is 21.2 Å². The monoisotopic (exact) mass is 297 g/mol. The van der Waals surface area contributed by atoms with Gasteiger partial charge in [-0.15, -0.1) is 11.3 Å². The van der Waals surface area contributed by atoms with Crippen molar-refractivity contribution in [3.63, 3.8) is 0 Å². The highest BCUT2D eigenvalue weighted by atomic mass is 32.1. The van der Waals surface area contributed by atoms with Crippen molar-refractivity contribution in [2.45, 2.75) is 26.3 Å². The maximum absolute atomic E-state index is 5.80. The van der Waals surface area contributed by atoms with Crippen LogP contribution in [0.4, 0.5) is 0 Å². The molecule has 3 aromatic rings. The fourth-order valence-electron chi connectivity index (χ4n) is 2.79. The van der Waals surface area contributed by atoms with Crippen molar-refractivity contribution in [2.75, 3.05) is 0 Å². The Kier molecular flexibility index (Phi) is 4.01. The second-order valence-electron chi connectivity index (χ2n) is 5.24. The molecule has 0 radical (unpaired) electrons. The van der Waals surface area contributed by atoms with E-state index in [2.05, 4.69) is 52.9 Å². The third-order valence-electron chi connectivity index (χ3n) is 3.76. The molecule has 1 atom stereocenters. The van der Waals surface area contributed by atoms with Gasteiger partial charge < -0.3 is 0 Å². The standard InChI is InChI=1S/C17H19N3S/c1-11-17(21-12(2)19-11)16(20-18)10-14-8-5-7-13-6-3-4-9-15(13)14/h3-9,16,20H,10,18H2,1-2H3. The van der Waals surface area contributed by atoms with Crippen LogP contribution in [0.2, 0.25) is 0 Å². The lowest BCUT2D eigenvalue weighted by atomic mass is 9.98. The molecule has 0 amide bonds. The summed E-state index contributed by atoms with van der Waals surface area (Å²) in [5.74, 6) is 5.80. The highest BCUT2D eigenvalue weighted by molar-refractivity contribution is 7.11. The van der Waals surface area contributed by atoms with Gasteiger partial charge in [0.05, 0.1) is 16.7 Å². The zero-order valence-electron chi connectivity index (χ0n) is 12.3. The van der Waals surface area contributed by atoms with Crippen LogP contribution in [0.1, 0.15) is 27.2 Å². The summed E-state index contributed by atoms with van der Waals surface area (Å²) < 4.78 is 0. The maximum Gasteiger partial charge on any atom is 0.0900 e. The van der Waals surface area contributed by atoms with E-state index in [-0.39, 0.29) is 6.04 Å². The number of aryl methyl sites for hydroxylation is 2. The minimum Gasteiger partial charge on any atom is -0.271 e. The van der Waals surface area contributed by atoms with Gasteiger partial charge in [0, 0.05) is 4.88 Å². The Balaban J connectivity index is 1.98. The first-order chi connectivity index (χ1) is 10.2. The second kappa shape index (κ2) is 5.93. The van der Waals surface area contributed by atoms with E-state index in [1.54, 1.807) is 11.3 Å². The summed E-state index contributed by atoms with van der Waals surface area (Å²) in [7, 11) is 0. The number of aromatic nitrogens is 1. The number of hydrogen-bond acceptors (Lipinski definition) is 4. The lowest BCUT2D eigenvalue weighted by Crippen LogP contribution is -2.29. The fourth-order valence-corrected chi connectivity index (χ4v) is 3.78. The molecule has 2 aromatic carbocycles.